The summed E-state index contributed by atoms with van der Waals surface area (Å²) in [6, 6.07) is 5.06. The maximum Gasteiger partial charge on any atom is 0.507 e. The van der Waals surface area contributed by atoms with Gasteiger partial charge >= 0.3 is 12.2 Å². The summed E-state index contributed by atoms with van der Waals surface area (Å²) in [4.78, 5) is 11.5. The van der Waals surface area contributed by atoms with Gasteiger partial charge in [0, 0.05) is 5.56 Å². The molecular formula is C13H7F4NO3S. The number of hydrogen-bond acceptors (Lipinski definition) is 4. The zero-order valence-corrected chi connectivity index (χ0v) is 11.4. The fourth-order valence-electron chi connectivity index (χ4n) is 1.96. The molecule has 3 rings (SSSR count). The van der Waals surface area contributed by atoms with Gasteiger partial charge in [-0.2, -0.15) is 17.6 Å². The third-order valence-electron chi connectivity index (χ3n) is 2.96. The van der Waals surface area contributed by atoms with Gasteiger partial charge in [-0.1, -0.05) is 6.07 Å². The van der Waals surface area contributed by atoms with E-state index < -0.39 is 29.6 Å². The predicted molar refractivity (Wildman–Crippen MR) is 69.4 cm³/mol. The highest BCUT2D eigenvalue weighted by Crippen LogP contribution is 2.48. The van der Waals surface area contributed by atoms with Crippen molar-refractivity contribution in [3.8, 4) is 22.6 Å². The van der Waals surface area contributed by atoms with E-state index in [1.54, 1.807) is 11.4 Å². The first-order valence-electron chi connectivity index (χ1n) is 5.87. The number of nitrogens with two attached hydrogens (primary N) is 1. The van der Waals surface area contributed by atoms with E-state index >= 15 is 0 Å². The van der Waals surface area contributed by atoms with E-state index in [1.807, 2.05) is 0 Å². The van der Waals surface area contributed by atoms with Gasteiger partial charge in [-0.05, 0) is 29.1 Å². The maximum absolute atomic E-state index is 13.2. The zero-order valence-electron chi connectivity index (χ0n) is 10.6. The van der Waals surface area contributed by atoms with Crippen LogP contribution in [0.4, 0.5) is 17.6 Å². The van der Waals surface area contributed by atoms with Gasteiger partial charge in [0.05, 0.1) is 4.88 Å². The fraction of sp³-hybridized carbons (Fsp3) is 0.154. The van der Waals surface area contributed by atoms with Crippen LogP contribution in [0.3, 0.4) is 0 Å². The molecule has 0 unspecified atom stereocenters. The summed E-state index contributed by atoms with van der Waals surface area (Å²) in [6.07, 6.45) is -9.55. The lowest BCUT2D eigenvalue weighted by molar-refractivity contribution is -0.391. The predicted octanol–water partition coefficient (Wildman–Crippen LogP) is 3.47. The molecule has 0 spiro atoms. The van der Waals surface area contributed by atoms with Gasteiger partial charge in [-0.3, -0.25) is 4.79 Å². The van der Waals surface area contributed by atoms with Gasteiger partial charge in [0.15, 0.2) is 11.5 Å². The summed E-state index contributed by atoms with van der Waals surface area (Å²) >= 11 is 1.07. The molecule has 0 saturated heterocycles. The number of fused-ring (bicyclic) bond motifs is 1. The number of ether oxygens (including phenoxy) is 2. The Bertz CT molecular complexity index is 759. The third kappa shape index (κ3) is 2.17. The maximum atomic E-state index is 13.2. The Morgan fingerprint density at radius 3 is 2.32 bits per heavy atom. The molecule has 1 aliphatic rings. The SMILES string of the molecule is NC(=O)c1sccc1-c1ccc2c(c1)OC(F)(F)C(F)(F)O2. The number of halogens is 4. The molecule has 2 heterocycles. The van der Waals surface area contributed by atoms with Gasteiger partial charge in [-0.15, -0.1) is 11.3 Å². The monoisotopic (exact) mass is 333 g/mol. The zero-order chi connectivity index (χ0) is 16.1. The van der Waals surface area contributed by atoms with Crippen LogP contribution in [-0.4, -0.2) is 18.1 Å². The summed E-state index contributed by atoms with van der Waals surface area (Å²) in [5, 5.41) is 1.59. The largest absolute Gasteiger partial charge is 0.507 e. The average Bonchev–Trinajstić information content (AvgIpc) is 2.88. The lowest BCUT2D eigenvalue weighted by atomic mass is 10.1. The van der Waals surface area contributed by atoms with E-state index in [-0.39, 0.29) is 4.88 Å². The van der Waals surface area contributed by atoms with Crippen LogP contribution in [0, 0.1) is 0 Å². The van der Waals surface area contributed by atoms with Crippen LogP contribution in [-0.2, 0) is 0 Å². The molecule has 0 radical (unpaired) electrons. The van der Waals surface area contributed by atoms with Crippen molar-refractivity contribution in [2.45, 2.75) is 12.2 Å². The van der Waals surface area contributed by atoms with E-state index in [4.69, 9.17) is 5.73 Å². The molecule has 116 valence electrons. The molecule has 1 aliphatic heterocycles. The van der Waals surface area contributed by atoms with Gasteiger partial charge in [0.2, 0.25) is 0 Å². The minimum absolute atomic E-state index is 0.216. The van der Waals surface area contributed by atoms with Crippen molar-refractivity contribution in [3.63, 3.8) is 0 Å². The van der Waals surface area contributed by atoms with E-state index in [0.29, 0.717) is 11.1 Å². The van der Waals surface area contributed by atoms with Crippen LogP contribution in [0.25, 0.3) is 11.1 Å². The highest BCUT2D eigenvalue weighted by molar-refractivity contribution is 7.12. The van der Waals surface area contributed by atoms with Crippen LogP contribution >= 0.6 is 11.3 Å². The van der Waals surface area contributed by atoms with Crippen molar-refractivity contribution in [2.24, 2.45) is 5.73 Å². The number of carbonyl (C=O) groups is 1. The second kappa shape index (κ2) is 4.60. The fourth-order valence-corrected chi connectivity index (χ4v) is 2.73. The summed E-state index contributed by atoms with van der Waals surface area (Å²) < 4.78 is 60.5. The molecule has 1 aromatic heterocycles. The summed E-state index contributed by atoms with van der Waals surface area (Å²) in [5.74, 6) is -1.75. The molecule has 0 atom stereocenters. The van der Waals surface area contributed by atoms with Crippen molar-refractivity contribution in [3.05, 3.63) is 34.5 Å². The minimum atomic E-state index is -4.79. The Morgan fingerprint density at radius 2 is 1.68 bits per heavy atom. The minimum Gasteiger partial charge on any atom is -0.421 e. The lowest BCUT2D eigenvalue weighted by Crippen LogP contribution is -2.52. The normalized spacial score (nSPS) is 18.0. The Labute approximate surface area is 125 Å². The highest BCUT2D eigenvalue weighted by atomic mass is 32.1. The molecule has 22 heavy (non-hydrogen) atoms. The summed E-state index contributed by atoms with van der Waals surface area (Å²) in [5.41, 5.74) is 5.92. The average molecular weight is 333 g/mol. The Kier molecular flexibility index (Phi) is 3.06. The molecule has 1 aromatic carbocycles. The Hall–Kier alpha value is -2.29. The first kappa shape index (κ1) is 14.6. The molecular weight excluding hydrogens is 326 g/mol. The van der Waals surface area contributed by atoms with E-state index in [1.165, 1.54) is 6.07 Å². The topological polar surface area (TPSA) is 61.6 Å². The summed E-state index contributed by atoms with van der Waals surface area (Å²) in [6.45, 7) is 0. The van der Waals surface area contributed by atoms with Gasteiger partial charge < -0.3 is 15.2 Å². The quantitative estimate of drug-likeness (QED) is 0.856. The molecule has 2 aromatic rings. The smallest absolute Gasteiger partial charge is 0.421 e. The molecule has 0 saturated carbocycles. The molecule has 4 nitrogen and oxygen atoms in total. The number of benzene rings is 1. The van der Waals surface area contributed by atoms with E-state index in [0.717, 1.165) is 23.5 Å². The number of carbonyl (C=O) groups excluding carboxylic acids is 1. The second-order valence-electron chi connectivity index (χ2n) is 4.43. The second-order valence-corrected chi connectivity index (χ2v) is 5.34. The van der Waals surface area contributed by atoms with Crippen molar-refractivity contribution in [2.75, 3.05) is 0 Å². The molecule has 9 heteroatoms. The molecule has 2 N–H and O–H groups in total. The molecule has 0 fully saturated rings. The first-order chi connectivity index (χ1) is 10.2. The van der Waals surface area contributed by atoms with Crippen molar-refractivity contribution < 1.29 is 31.8 Å². The number of thiophene rings is 1. The van der Waals surface area contributed by atoms with Crippen LogP contribution in [0.5, 0.6) is 11.5 Å². The number of amides is 1. The highest BCUT2D eigenvalue weighted by Gasteiger charge is 2.65. The van der Waals surface area contributed by atoms with Crippen LogP contribution < -0.4 is 15.2 Å². The number of alkyl halides is 4. The lowest BCUT2D eigenvalue weighted by Gasteiger charge is -2.31. The van der Waals surface area contributed by atoms with Crippen molar-refractivity contribution in [1.82, 2.24) is 0 Å². The standard InChI is InChI=1S/C13H7F4NO3S/c14-12(15)13(16,17)21-9-5-6(1-2-8(9)20-12)7-3-4-22-10(7)11(18)19/h1-5H,(H2,18,19). The molecule has 1 amide bonds. The van der Waals surface area contributed by atoms with Gasteiger partial charge in [-0.25, -0.2) is 0 Å². The molecule has 0 bridgehead atoms. The van der Waals surface area contributed by atoms with Crippen molar-refractivity contribution in [1.29, 1.82) is 0 Å². The van der Waals surface area contributed by atoms with Crippen LogP contribution in [0.15, 0.2) is 29.6 Å². The van der Waals surface area contributed by atoms with E-state index in [9.17, 15) is 22.4 Å². The first-order valence-corrected chi connectivity index (χ1v) is 6.74. The number of rotatable bonds is 2. The number of primary amides is 1. The number of hydrogen-bond donors (Lipinski definition) is 1. The van der Waals surface area contributed by atoms with Gasteiger partial charge in [0.25, 0.3) is 5.91 Å². The Morgan fingerprint density at radius 1 is 1.05 bits per heavy atom. The third-order valence-corrected chi connectivity index (χ3v) is 3.89. The van der Waals surface area contributed by atoms with Crippen LogP contribution in [0.1, 0.15) is 9.67 Å². The van der Waals surface area contributed by atoms with Gasteiger partial charge in [0.1, 0.15) is 0 Å². The van der Waals surface area contributed by atoms with Crippen LogP contribution in [0.2, 0.25) is 0 Å². The van der Waals surface area contributed by atoms with E-state index in [2.05, 4.69) is 9.47 Å². The van der Waals surface area contributed by atoms with Crippen molar-refractivity contribution >= 4 is 17.2 Å². The summed E-state index contributed by atoms with van der Waals surface area (Å²) in [7, 11) is 0. The Balaban J connectivity index is 2.06. The molecule has 0 aliphatic carbocycles.